The highest BCUT2D eigenvalue weighted by Gasteiger charge is 2.23. The van der Waals surface area contributed by atoms with Crippen LogP contribution in [0.2, 0.25) is 0 Å². The van der Waals surface area contributed by atoms with E-state index in [4.69, 9.17) is 9.47 Å². The van der Waals surface area contributed by atoms with Gasteiger partial charge in [-0.05, 0) is 57.7 Å². The second kappa shape index (κ2) is 12.0. The largest absolute Gasteiger partial charge is 0.459 e. The molecule has 180 valence electrons. The molecule has 4 heteroatoms. The molecule has 0 radical (unpaired) electrons. The minimum absolute atomic E-state index is 0.0884. The Kier molecular flexibility index (Phi) is 9.03. The fourth-order valence-corrected chi connectivity index (χ4v) is 4.18. The van der Waals surface area contributed by atoms with Crippen molar-refractivity contribution in [2.24, 2.45) is 0 Å². The molecule has 0 spiro atoms. The van der Waals surface area contributed by atoms with E-state index in [2.05, 4.69) is 85.9 Å². The molecule has 0 saturated carbocycles. The Morgan fingerprint density at radius 2 is 1.38 bits per heavy atom. The zero-order chi connectivity index (χ0) is 24.6. The van der Waals surface area contributed by atoms with Gasteiger partial charge in [0.15, 0.2) is 0 Å². The first-order valence-electron chi connectivity index (χ1n) is 11.9. The number of carbonyl (C=O) groups excluding carboxylic acids is 1. The van der Waals surface area contributed by atoms with Crippen molar-refractivity contribution in [2.45, 2.75) is 65.4 Å². The molecule has 4 nitrogen and oxygen atoms in total. The lowest BCUT2D eigenvalue weighted by Crippen LogP contribution is -2.39. The Bertz CT molecular complexity index is 982. The summed E-state index contributed by atoms with van der Waals surface area (Å²) in [4.78, 5) is 12.4. The monoisotopic (exact) mass is 459 g/mol. The van der Waals surface area contributed by atoms with Crippen LogP contribution in [-0.2, 0) is 20.9 Å². The van der Waals surface area contributed by atoms with Crippen LogP contribution in [0.5, 0.6) is 0 Å². The van der Waals surface area contributed by atoms with Gasteiger partial charge in [-0.3, -0.25) is 10.1 Å². The number of carbonyl (C=O) groups is 1. The number of aryl methyl sites for hydroxylation is 2. The summed E-state index contributed by atoms with van der Waals surface area (Å²) in [7, 11) is 0. The highest BCUT2D eigenvalue weighted by Crippen LogP contribution is 2.29. The molecule has 1 N–H and O–H groups in total. The minimum atomic E-state index is -0.523. The summed E-state index contributed by atoms with van der Waals surface area (Å²) in [6.07, 6.45) is 0.348. The maximum Gasteiger partial charge on any atom is 0.320 e. The molecule has 0 aliphatic rings. The smallest absolute Gasteiger partial charge is 0.320 e. The van der Waals surface area contributed by atoms with E-state index in [9.17, 15) is 4.79 Å². The van der Waals surface area contributed by atoms with E-state index in [1.54, 1.807) is 0 Å². The van der Waals surface area contributed by atoms with Gasteiger partial charge in [0.1, 0.15) is 11.8 Å². The van der Waals surface area contributed by atoms with Crippen molar-refractivity contribution >= 4 is 5.97 Å². The average Bonchev–Trinajstić information content (AvgIpc) is 2.78. The summed E-state index contributed by atoms with van der Waals surface area (Å²) >= 11 is 0. The maximum atomic E-state index is 12.4. The molecule has 1 unspecified atom stereocenters. The van der Waals surface area contributed by atoms with Gasteiger partial charge in [0.25, 0.3) is 0 Å². The minimum Gasteiger partial charge on any atom is -0.459 e. The molecule has 0 bridgehead atoms. The van der Waals surface area contributed by atoms with Crippen molar-refractivity contribution in [2.75, 3.05) is 6.54 Å². The predicted molar refractivity (Wildman–Crippen MR) is 138 cm³/mol. The van der Waals surface area contributed by atoms with Crippen LogP contribution in [0, 0.1) is 13.8 Å². The van der Waals surface area contributed by atoms with Crippen LogP contribution in [0.1, 0.15) is 60.9 Å². The van der Waals surface area contributed by atoms with Crippen molar-refractivity contribution in [1.29, 1.82) is 0 Å². The highest BCUT2D eigenvalue weighted by atomic mass is 16.6. The molecule has 34 heavy (non-hydrogen) atoms. The molecule has 3 aromatic rings. The fraction of sp³-hybridized carbons (Fsp3) is 0.367. The van der Waals surface area contributed by atoms with E-state index in [1.807, 2.05) is 32.9 Å². The molecule has 0 aliphatic carbocycles. The molecule has 0 aliphatic heterocycles. The summed E-state index contributed by atoms with van der Waals surface area (Å²) in [6.45, 7) is 10.4. The Morgan fingerprint density at radius 3 is 1.88 bits per heavy atom. The van der Waals surface area contributed by atoms with E-state index in [0.717, 1.165) is 5.56 Å². The number of benzene rings is 3. The van der Waals surface area contributed by atoms with E-state index in [1.165, 1.54) is 22.3 Å². The lowest BCUT2D eigenvalue weighted by Gasteiger charge is -2.26. The summed E-state index contributed by atoms with van der Waals surface area (Å²) in [5.74, 6) is -0.166. The first-order valence-corrected chi connectivity index (χ1v) is 11.9. The molecule has 0 saturated heterocycles. The molecule has 0 heterocycles. The van der Waals surface area contributed by atoms with Crippen molar-refractivity contribution in [3.05, 3.63) is 107 Å². The third-order valence-corrected chi connectivity index (χ3v) is 5.48. The van der Waals surface area contributed by atoms with E-state index >= 15 is 0 Å². The molecule has 1 atom stereocenters. The third kappa shape index (κ3) is 8.44. The van der Waals surface area contributed by atoms with Gasteiger partial charge < -0.3 is 9.47 Å². The predicted octanol–water partition coefficient (Wildman–Crippen LogP) is 6.30. The summed E-state index contributed by atoms with van der Waals surface area (Å²) in [6, 6.07) is 27.3. The molecule has 0 amide bonds. The zero-order valence-electron chi connectivity index (χ0n) is 21.0. The average molecular weight is 460 g/mol. The number of rotatable bonds is 10. The number of ether oxygens (including phenoxy) is 2. The van der Waals surface area contributed by atoms with Gasteiger partial charge in [-0.25, -0.2) is 0 Å². The Labute approximate surface area is 204 Å². The highest BCUT2D eigenvalue weighted by molar-refractivity contribution is 5.72. The molecule has 3 aromatic carbocycles. The van der Waals surface area contributed by atoms with E-state index in [0.29, 0.717) is 13.0 Å². The number of esters is 1. The van der Waals surface area contributed by atoms with Crippen LogP contribution < -0.4 is 5.32 Å². The van der Waals surface area contributed by atoms with Crippen LogP contribution >= 0.6 is 0 Å². The van der Waals surface area contributed by atoms with Gasteiger partial charge >= 0.3 is 5.97 Å². The van der Waals surface area contributed by atoms with Crippen LogP contribution in [0.15, 0.2) is 78.9 Å². The standard InChI is InChI=1S/C30H37NO3/c1-22-16-23(2)18-24(17-22)21-33-28(31-20-29(32)34-30(3,4)5)19-27(25-12-8-6-9-13-25)26-14-10-7-11-15-26/h6-18,27-28,31H,19-21H2,1-5H3. The van der Waals surface area contributed by atoms with Gasteiger partial charge in [-0.1, -0.05) is 90.0 Å². The van der Waals surface area contributed by atoms with Crippen LogP contribution in [0.4, 0.5) is 0 Å². The Hall–Kier alpha value is -2.95. The van der Waals surface area contributed by atoms with Crippen LogP contribution in [-0.4, -0.2) is 24.3 Å². The maximum absolute atomic E-state index is 12.4. The van der Waals surface area contributed by atoms with Gasteiger partial charge in [-0.2, -0.15) is 0 Å². The number of hydrogen-bond donors (Lipinski definition) is 1. The number of hydrogen-bond acceptors (Lipinski definition) is 4. The van der Waals surface area contributed by atoms with Gasteiger partial charge in [0.05, 0.1) is 13.2 Å². The second-order valence-corrected chi connectivity index (χ2v) is 9.87. The van der Waals surface area contributed by atoms with Crippen molar-refractivity contribution < 1.29 is 14.3 Å². The SMILES string of the molecule is Cc1cc(C)cc(COC(CC(c2ccccc2)c2ccccc2)NCC(=O)OC(C)(C)C)c1. The third-order valence-electron chi connectivity index (χ3n) is 5.48. The molecule has 0 aromatic heterocycles. The second-order valence-electron chi connectivity index (χ2n) is 9.87. The lowest BCUT2D eigenvalue weighted by molar-refractivity contribution is -0.154. The summed E-state index contributed by atoms with van der Waals surface area (Å²) in [5, 5.41) is 3.31. The molecular formula is C30H37NO3. The van der Waals surface area contributed by atoms with Crippen molar-refractivity contribution in [1.82, 2.24) is 5.32 Å². The number of nitrogens with one attached hydrogen (secondary N) is 1. The molecular weight excluding hydrogens is 422 g/mol. The van der Waals surface area contributed by atoms with Gasteiger partial charge in [0, 0.05) is 5.92 Å². The zero-order valence-corrected chi connectivity index (χ0v) is 21.0. The van der Waals surface area contributed by atoms with Gasteiger partial charge in [0.2, 0.25) is 0 Å². The van der Waals surface area contributed by atoms with E-state index in [-0.39, 0.29) is 24.7 Å². The van der Waals surface area contributed by atoms with E-state index < -0.39 is 5.60 Å². The first-order chi connectivity index (χ1) is 16.2. The Balaban J connectivity index is 1.80. The van der Waals surface area contributed by atoms with Crippen LogP contribution in [0.3, 0.4) is 0 Å². The topological polar surface area (TPSA) is 47.6 Å². The normalized spacial score (nSPS) is 12.5. The first kappa shape index (κ1) is 25.7. The lowest BCUT2D eigenvalue weighted by atomic mass is 9.88. The Morgan fingerprint density at radius 1 is 0.853 bits per heavy atom. The van der Waals surface area contributed by atoms with Crippen molar-refractivity contribution in [3.63, 3.8) is 0 Å². The fourth-order valence-electron chi connectivity index (χ4n) is 4.18. The summed E-state index contributed by atoms with van der Waals surface area (Å²) in [5.41, 5.74) is 5.45. The molecule has 0 fully saturated rings. The quantitative estimate of drug-likeness (QED) is 0.285. The van der Waals surface area contributed by atoms with Crippen LogP contribution in [0.25, 0.3) is 0 Å². The van der Waals surface area contributed by atoms with Crippen molar-refractivity contribution in [3.8, 4) is 0 Å². The summed E-state index contributed by atoms with van der Waals surface area (Å²) < 4.78 is 11.9. The molecule has 3 rings (SSSR count). The van der Waals surface area contributed by atoms with Gasteiger partial charge in [-0.15, -0.1) is 0 Å².